The molecule has 6 rings (SSSR count). The van der Waals surface area contributed by atoms with Crippen LogP contribution in [-0.2, 0) is 12.8 Å². The minimum Gasteiger partial charge on any atom is -0.306 e. The van der Waals surface area contributed by atoms with Gasteiger partial charge in [-0.25, -0.2) is 0 Å². The molecule has 0 fully saturated rings. The lowest BCUT2D eigenvalue weighted by atomic mass is 9.90. The van der Waals surface area contributed by atoms with Crippen molar-refractivity contribution in [2.24, 2.45) is 0 Å². The SMILES string of the molecule is CC.Clc1ccc(C2NCCc3ccccc32)cc1.c1ccc(C2NCCc3ccccc32)cc1. The van der Waals surface area contributed by atoms with Crippen LogP contribution in [0.4, 0.5) is 0 Å². The second-order valence-electron chi connectivity index (χ2n) is 8.63. The Morgan fingerprint density at radius 1 is 0.543 bits per heavy atom. The van der Waals surface area contributed by atoms with Gasteiger partial charge in [0.25, 0.3) is 0 Å². The number of rotatable bonds is 2. The van der Waals surface area contributed by atoms with Gasteiger partial charge in [0.1, 0.15) is 0 Å². The van der Waals surface area contributed by atoms with Crippen molar-refractivity contribution in [1.82, 2.24) is 10.6 Å². The molecule has 4 aromatic rings. The molecule has 2 N–H and O–H groups in total. The van der Waals surface area contributed by atoms with E-state index in [1.54, 1.807) is 0 Å². The highest BCUT2D eigenvalue weighted by molar-refractivity contribution is 6.30. The van der Waals surface area contributed by atoms with Gasteiger partial charge in [-0.05, 0) is 58.4 Å². The second-order valence-corrected chi connectivity index (χ2v) is 9.07. The van der Waals surface area contributed by atoms with Crippen LogP contribution in [0.1, 0.15) is 59.3 Å². The Bertz CT molecular complexity index is 1190. The van der Waals surface area contributed by atoms with E-state index < -0.39 is 0 Å². The van der Waals surface area contributed by atoms with Crippen molar-refractivity contribution in [1.29, 1.82) is 0 Å². The third kappa shape index (κ3) is 6.21. The van der Waals surface area contributed by atoms with Crippen molar-refractivity contribution < 1.29 is 0 Å². The molecule has 0 aromatic heterocycles. The molecule has 2 aliphatic heterocycles. The van der Waals surface area contributed by atoms with E-state index in [1.807, 2.05) is 26.0 Å². The van der Waals surface area contributed by atoms with Crippen LogP contribution < -0.4 is 10.6 Å². The molecule has 3 heteroatoms. The molecule has 0 amide bonds. The summed E-state index contributed by atoms with van der Waals surface area (Å²) in [7, 11) is 0. The third-order valence-corrected chi connectivity index (χ3v) is 6.81. The summed E-state index contributed by atoms with van der Waals surface area (Å²) >= 11 is 5.93. The van der Waals surface area contributed by atoms with Gasteiger partial charge < -0.3 is 10.6 Å². The van der Waals surface area contributed by atoms with E-state index in [0.29, 0.717) is 12.1 Å². The monoisotopic (exact) mass is 482 g/mol. The first-order valence-electron chi connectivity index (χ1n) is 12.7. The van der Waals surface area contributed by atoms with Crippen molar-refractivity contribution in [3.8, 4) is 0 Å². The lowest BCUT2D eigenvalue weighted by molar-refractivity contribution is 0.568. The standard InChI is InChI=1S/C15H14ClN.C15H15N.C2H6/c16-13-7-5-12(6-8-13)15-14-4-2-1-3-11(14)9-10-17-15;1-2-7-13(8-3-1)15-14-9-5-4-6-12(14)10-11-16-15;1-2/h1-8,15,17H,9-10H2;1-9,15-16H,10-11H2;1-2H3. The predicted molar refractivity (Wildman–Crippen MR) is 149 cm³/mol. The van der Waals surface area contributed by atoms with Crippen molar-refractivity contribution in [2.75, 3.05) is 13.1 Å². The van der Waals surface area contributed by atoms with Crippen LogP contribution in [0.2, 0.25) is 5.02 Å². The number of benzene rings is 4. The highest BCUT2D eigenvalue weighted by Crippen LogP contribution is 2.29. The fourth-order valence-electron chi connectivity index (χ4n) is 4.90. The average molecular weight is 483 g/mol. The maximum absolute atomic E-state index is 5.93. The predicted octanol–water partition coefficient (Wildman–Crippen LogP) is 7.52. The molecular formula is C32H35ClN2. The van der Waals surface area contributed by atoms with Gasteiger partial charge in [-0.2, -0.15) is 0 Å². The lowest BCUT2D eigenvalue weighted by Gasteiger charge is -2.27. The Hall–Kier alpha value is -2.91. The summed E-state index contributed by atoms with van der Waals surface area (Å²) in [4.78, 5) is 0. The van der Waals surface area contributed by atoms with E-state index >= 15 is 0 Å². The number of hydrogen-bond acceptors (Lipinski definition) is 2. The van der Waals surface area contributed by atoms with Gasteiger partial charge in [0.2, 0.25) is 0 Å². The zero-order valence-corrected chi connectivity index (χ0v) is 21.4. The first-order chi connectivity index (χ1) is 17.3. The van der Waals surface area contributed by atoms with E-state index in [1.165, 1.54) is 33.4 Å². The molecule has 2 heterocycles. The summed E-state index contributed by atoms with van der Waals surface area (Å²) in [6.45, 7) is 6.10. The maximum atomic E-state index is 5.93. The molecule has 0 aliphatic carbocycles. The summed E-state index contributed by atoms with van der Waals surface area (Å²) in [5.74, 6) is 0. The Kier molecular flexibility index (Phi) is 9.14. The molecule has 4 aromatic carbocycles. The second kappa shape index (κ2) is 12.7. The van der Waals surface area contributed by atoms with E-state index in [9.17, 15) is 0 Å². The van der Waals surface area contributed by atoms with E-state index in [-0.39, 0.29) is 0 Å². The molecular weight excluding hydrogens is 448 g/mol. The number of hydrogen-bond donors (Lipinski definition) is 2. The van der Waals surface area contributed by atoms with Crippen LogP contribution in [0.3, 0.4) is 0 Å². The van der Waals surface area contributed by atoms with Crippen LogP contribution in [0.5, 0.6) is 0 Å². The fraction of sp³-hybridized carbons (Fsp3) is 0.250. The highest BCUT2D eigenvalue weighted by Gasteiger charge is 2.21. The first-order valence-corrected chi connectivity index (χ1v) is 13.1. The Morgan fingerprint density at radius 2 is 0.971 bits per heavy atom. The normalized spacial score (nSPS) is 18.0. The minimum absolute atomic E-state index is 0.303. The molecule has 35 heavy (non-hydrogen) atoms. The number of fused-ring (bicyclic) bond motifs is 2. The molecule has 0 saturated carbocycles. The van der Waals surface area contributed by atoms with Gasteiger partial charge in [-0.15, -0.1) is 0 Å². The van der Waals surface area contributed by atoms with Gasteiger partial charge in [0.15, 0.2) is 0 Å². The highest BCUT2D eigenvalue weighted by atomic mass is 35.5. The van der Waals surface area contributed by atoms with Crippen LogP contribution in [0.25, 0.3) is 0 Å². The Labute approximate surface area is 215 Å². The largest absolute Gasteiger partial charge is 0.306 e. The van der Waals surface area contributed by atoms with E-state index in [4.69, 9.17) is 11.6 Å². The first kappa shape index (κ1) is 25.2. The van der Waals surface area contributed by atoms with Crippen LogP contribution in [-0.4, -0.2) is 13.1 Å². The van der Waals surface area contributed by atoms with Crippen molar-refractivity contribution in [3.05, 3.63) is 142 Å². The van der Waals surface area contributed by atoms with Crippen LogP contribution in [0, 0.1) is 0 Å². The average Bonchev–Trinajstić information content (AvgIpc) is 2.95. The van der Waals surface area contributed by atoms with Gasteiger partial charge in [-0.3, -0.25) is 0 Å². The topological polar surface area (TPSA) is 24.1 Å². The van der Waals surface area contributed by atoms with Gasteiger partial charge >= 0.3 is 0 Å². The van der Waals surface area contributed by atoms with Gasteiger partial charge in [0, 0.05) is 18.1 Å². The summed E-state index contributed by atoms with van der Waals surface area (Å²) in [5.41, 5.74) is 8.39. The van der Waals surface area contributed by atoms with E-state index in [0.717, 1.165) is 31.0 Å². The number of halogens is 1. The minimum atomic E-state index is 0.303. The summed E-state index contributed by atoms with van der Waals surface area (Å²) < 4.78 is 0. The zero-order chi connectivity index (χ0) is 24.5. The van der Waals surface area contributed by atoms with Crippen molar-refractivity contribution >= 4 is 11.6 Å². The molecule has 2 nitrogen and oxygen atoms in total. The molecule has 0 bridgehead atoms. The van der Waals surface area contributed by atoms with E-state index in [2.05, 4.69) is 102 Å². The molecule has 0 spiro atoms. The summed E-state index contributed by atoms with van der Waals surface area (Å²) in [6, 6.07) is 36.8. The molecule has 0 saturated heterocycles. The molecule has 0 radical (unpaired) electrons. The molecule has 180 valence electrons. The van der Waals surface area contributed by atoms with Gasteiger partial charge in [-0.1, -0.05) is 116 Å². The van der Waals surface area contributed by atoms with Gasteiger partial charge in [0.05, 0.1) is 12.1 Å². The van der Waals surface area contributed by atoms with Crippen LogP contribution in [0.15, 0.2) is 103 Å². The molecule has 2 atom stereocenters. The lowest BCUT2D eigenvalue weighted by Crippen LogP contribution is -2.30. The quantitative estimate of drug-likeness (QED) is 0.308. The Morgan fingerprint density at radius 3 is 1.49 bits per heavy atom. The molecule has 2 unspecified atom stereocenters. The maximum Gasteiger partial charge on any atom is 0.0579 e. The zero-order valence-electron chi connectivity index (χ0n) is 20.7. The summed E-state index contributed by atoms with van der Waals surface area (Å²) in [5, 5.41) is 7.95. The van der Waals surface area contributed by atoms with Crippen LogP contribution >= 0.6 is 11.6 Å². The Balaban J connectivity index is 0.000000155. The number of nitrogens with one attached hydrogen (secondary N) is 2. The smallest absolute Gasteiger partial charge is 0.0579 e. The fourth-order valence-corrected chi connectivity index (χ4v) is 5.03. The van der Waals surface area contributed by atoms with Crippen molar-refractivity contribution in [2.45, 2.75) is 38.8 Å². The molecule has 2 aliphatic rings. The summed E-state index contributed by atoms with van der Waals surface area (Å²) in [6.07, 6.45) is 2.25. The third-order valence-electron chi connectivity index (χ3n) is 6.55. The van der Waals surface area contributed by atoms with Crippen molar-refractivity contribution in [3.63, 3.8) is 0 Å².